The lowest BCUT2D eigenvalue weighted by Crippen LogP contribution is -2.47. The van der Waals surface area contributed by atoms with Gasteiger partial charge in [0.2, 0.25) is 0 Å². The summed E-state index contributed by atoms with van der Waals surface area (Å²) in [6, 6.07) is 13.3. The molecule has 0 radical (unpaired) electrons. The number of anilines is 2. The lowest BCUT2D eigenvalue weighted by atomic mass is 10.1. The van der Waals surface area contributed by atoms with Crippen LogP contribution in [0.2, 0.25) is 0 Å². The normalized spacial score (nSPS) is 15.0. The SMILES string of the molecule is Cc1ccc2[nH]c3c(N4CCN(c5ccccc5F)CC4)ncnc3c2c1. The predicted molar refractivity (Wildman–Crippen MR) is 107 cm³/mol. The number of fused-ring (bicyclic) bond motifs is 3. The first-order valence-electron chi connectivity index (χ1n) is 9.18. The van der Waals surface area contributed by atoms with Crippen molar-refractivity contribution in [3.05, 3.63) is 60.2 Å². The molecule has 2 aromatic heterocycles. The maximum absolute atomic E-state index is 14.1. The Morgan fingerprint density at radius 1 is 0.963 bits per heavy atom. The van der Waals surface area contributed by atoms with E-state index < -0.39 is 0 Å². The molecule has 0 atom stereocenters. The van der Waals surface area contributed by atoms with E-state index in [1.807, 2.05) is 12.1 Å². The van der Waals surface area contributed by atoms with Crippen LogP contribution in [-0.4, -0.2) is 41.1 Å². The first kappa shape index (κ1) is 16.1. The van der Waals surface area contributed by atoms with Gasteiger partial charge in [0.1, 0.15) is 23.2 Å². The quantitative estimate of drug-likeness (QED) is 0.589. The van der Waals surface area contributed by atoms with Gasteiger partial charge in [0.15, 0.2) is 5.82 Å². The summed E-state index contributed by atoms with van der Waals surface area (Å²) in [5.41, 5.74) is 4.88. The fourth-order valence-corrected chi connectivity index (χ4v) is 3.90. The van der Waals surface area contributed by atoms with Gasteiger partial charge in [-0.25, -0.2) is 14.4 Å². The first-order chi connectivity index (χ1) is 13.2. The van der Waals surface area contributed by atoms with Crippen molar-refractivity contribution in [2.75, 3.05) is 36.0 Å². The standard InChI is InChI=1S/C21H20FN5/c1-14-6-7-17-15(12-14)19-20(25-17)21(24-13-23-19)27-10-8-26(9-11-27)18-5-3-2-4-16(18)22/h2-7,12-13,25H,8-11H2,1H3. The summed E-state index contributed by atoms with van der Waals surface area (Å²) in [6.45, 7) is 5.17. The van der Waals surface area contributed by atoms with Gasteiger partial charge in [0.05, 0.1) is 5.69 Å². The van der Waals surface area contributed by atoms with Gasteiger partial charge in [-0.3, -0.25) is 0 Å². The van der Waals surface area contributed by atoms with Crippen LogP contribution in [0.1, 0.15) is 5.56 Å². The Bertz CT molecular complexity index is 1130. The van der Waals surface area contributed by atoms with Crippen LogP contribution in [0.25, 0.3) is 21.9 Å². The number of halogens is 1. The number of aryl methyl sites for hydroxylation is 1. The van der Waals surface area contributed by atoms with Gasteiger partial charge >= 0.3 is 0 Å². The predicted octanol–water partition coefficient (Wildman–Crippen LogP) is 3.89. The van der Waals surface area contributed by atoms with Crippen molar-refractivity contribution in [2.45, 2.75) is 6.92 Å². The fourth-order valence-electron chi connectivity index (χ4n) is 3.90. The number of hydrogen-bond donors (Lipinski definition) is 1. The molecule has 1 fully saturated rings. The molecule has 1 N–H and O–H groups in total. The van der Waals surface area contributed by atoms with Gasteiger partial charge in [-0.15, -0.1) is 0 Å². The molecule has 27 heavy (non-hydrogen) atoms. The van der Waals surface area contributed by atoms with E-state index in [1.165, 1.54) is 11.6 Å². The van der Waals surface area contributed by atoms with Crippen LogP contribution < -0.4 is 9.80 Å². The summed E-state index contributed by atoms with van der Waals surface area (Å²) in [7, 11) is 0. The molecule has 1 saturated heterocycles. The molecular weight excluding hydrogens is 341 g/mol. The van der Waals surface area contributed by atoms with Crippen LogP contribution in [-0.2, 0) is 0 Å². The van der Waals surface area contributed by atoms with E-state index in [4.69, 9.17) is 0 Å². The Hall–Kier alpha value is -3.15. The highest BCUT2D eigenvalue weighted by Crippen LogP contribution is 2.30. The minimum Gasteiger partial charge on any atom is -0.366 e. The number of para-hydroxylation sites is 1. The zero-order valence-electron chi connectivity index (χ0n) is 15.1. The highest BCUT2D eigenvalue weighted by Gasteiger charge is 2.22. The van der Waals surface area contributed by atoms with Crippen molar-refractivity contribution in [1.82, 2.24) is 15.0 Å². The average Bonchev–Trinajstić information content (AvgIpc) is 3.07. The molecular formula is C21H20FN5. The van der Waals surface area contributed by atoms with Crippen molar-refractivity contribution in [1.29, 1.82) is 0 Å². The number of nitrogens with one attached hydrogen (secondary N) is 1. The van der Waals surface area contributed by atoms with Crippen LogP contribution in [0, 0.1) is 12.7 Å². The second kappa shape index (κ2) is 6.23. The molecule has 0 aliphatic carbocycles. The average molecular weight is 361 g/mol. The van der Waals surface area contributed by atoms with E-state index in [9.17, 15) is 4.39 Å². The summed E-state index contributed by atoms with van der Waals surface area (Å²) in [6.07, 6.45) is 1.64. The number of aromatic nitrogens is 3. The molecule has 0 bridgehead atoms. The summed E-state index contributed by atoms with van der Waals surface area (Å²) in [5, 5.41) is 1.12. The Labute approximate surface area is 156 Å². The third-order valence-corrected chi connectivity index (χ3v) is 5.29. The number of piperazine rings is 1. The monoisotopic (exact) mass is 361 g/mol. The zero-order valence-corrected chi connectivity index (χ0v) is 15.1. The van der Waals surface area contributed by atoms with Crippen LogP contribution in [0.4, 0.5) is 15.9 Å². The second-order valence-corrected chi connectivity index (χ2v) is 7.02. The van der Waals surface area contributed by atoms with Crippen molar-refractivity contribution in [2.24, 2.45) is 0 Å². The molecule has 5 rings (SSSR count). The van der Waals surface area contributed by atoms with Crippen molar-refractivity contribution in [3.63, 3.8) is 0 Å². The van der Waals surface area contributed by atoms with Gasteiger partial charge in [0, 0.05) is 37.1 Å². The molecule has 0 spiro atoms. The van der Waals surface area contributed by atoms with E-state index in [-0.39, 0.29) is 5.82 Å². The lowest BCUT2D eigenvalue weighted by Gasteiger charge is -2.36. The van der Waals surface area contributed by atoms with E-state index in [0.717, 1.165) is 53.9 Å². The molecule has 2 aromatic carbocycles. The third-order valence-electron chi connectivity index (χ3n) is 5.29. The van der Waals surface area contributed by atoms with Gasteiger partial charge in [-0.2, -0.15) is 0 Å². The van der Waals surface area contributed by atoms with Crippen molar-refractivity contribution >= 4 is 33.4 Å². The second-order valence-electron chi connectivity index (χ2n) is 7.02. The van der Waals surface area contributed by atoms with Crippen LogP contribution in [0.15, 0.2) is 48.8 Å². The lowest BCUT2D eigenvalue weighted by molar-refractivity contribution is 0.596. The third kappa shape index (κ3) is 2.68. The van der Waals surface area contributed by atoms with Gasteiger partial charge in [-0.05, 0) is 31.2 Å². The summed E-state index contributed by atoms with van der Waals surface area (Å²) in [4.78, 5) is 16.9. The number of hydrogen-bond acceptors (Lipinski definition) is 4. The van der Waals surface area contributed by atoms with Crippen LogP contribution in [0.5, 0.6) is 0 Å². The minimum atomic E-state index is -0.165. The smallest absolute Gasteiger partial charge is 0.156 e. The molecule has 0 saturated carbocycles. The largest absolute Gasteiger partial charge is 0.366 e. The summed E-state index contributed by atoms with van der Waals surface area (Å²) >= 11 is 0. The minimum absolute atomic E-state index is 0.165. The van der Waals surface area contributed by atoms with Gasteiger partial charge < -0.3 is 14.8 Å². The van der Waals surface area contributed by atoms with E-state index in [0.29, 0.717) is 5.69 Å². The number of aromatic amines is 1. The summed E-state index contributed by atoms with van der Waals surface area (Å²) < 4.78 is 14.1. The Balaban J connectivity index is 1.47. The highest BCUT2D eigenvalue weighted by atomic mass is 19.1. The number of rotatable bonds is 2. The van der Waals surface area contributed by atoms with Crippen molar-refractivity contribution < 1.29 is 4.39 Å². The fraction of sp³-hybridized carbons (Fsp3) is 0.238. The van der Waals surface area contributed by atoms with Crippen LogP contribution >= 0.6 is 0 Å². The molecule has 6 heteroatoms. The molecule has 1 aliphatic rings. The Morgan fingerprint density at radius 3 is 2.56 bits per heavy atom. The zero-order chi connectivity index (χ0) is 18.4. The van der Waals surface area contributed by atoms with E-state index in [2.05, 4.69) is 49.9 Å². The molecule has 0 unspecified atom stereocenters. The molecule has 136 valence electrons. The molecule has 1 aliphatic heterocycles. The number of benzene rings is 2. The van der Waals surface area contributed by atoms with Crippen molar-refractivity contribution in [3.8, 4) is 0 Å². The number of nitrogens with zero attached hydrogens (tertiary/aromatic N) is 4. The number of H-pyrrole nitrogens is 1. The van der Waals surface area contributed by atoms with E-state index >= 15 is 0 Å². The van der Waals surface area contributed by atoms with Gasteiger partial charge in [0.25, 0.3) is 0 Å². The first-order valence-corrected chi connectivity index (χ1v) is 9.18. The molecule has 4 aromatic rings. The molecule has 3 heterocycles. The highest BCUT2D eigenvalue weighted by molar-refractivity contribution is 6.08. The maximum Gasteiger partial charge on any atom is 0.156 e. The molecule has 5 nitrogen and oxygen atoms in total. The Morgan fingerprint density at radius 2 is 1.74 bits per heavy atom. The topological polar surface area (TPSA) is 48.1 Å². The maximum atomic E-state index is 14.1. The summed E-state index contributed by atoms with van der Waals surface area (Å²) in [5.74, 6) is 0.753. The van der Waals surface area contributed by atoms with Gasteiger partial charge in [-0.1, -0.05) is 23.8 Å². The Kier molecular flexibility index (Phi) is 3.70. The molecule has 0 amide bonds. The van der Waals surface area contributed by atoms with E-state index in [1.54, 1.807) is 12.4 Å². The van der Waals surface area contributed by atoms with Crippen LogP contribution in [0.3, 0.4) is 0 Å².